The van der Waals surface area contributed by atoms with Crippen molar-refractivity contribution >= 4 is 0 Å². The molecule has 2 unspecified atom stereocenters. The Morgan fingerprint density at radius 3 is 2.48 bits per heavy atom. The number of ether oxygens (including phenoxy) is 1. The van der Waals surface area contributed by atoms with Crippen LogP contribution in [0.25, 0.3) is 0 Å². The maximum absolute atomic E-state index is 12.8. The van der Waals surface area contributed by atoms with Crippen LogP contribution in [0, 0.1) is 5.92 Å². The smallest absolute Gasteiger partial charge is 0.384 e. The summed E-state index contributed by atoms with van der Waals surface area (Å²) >= 11 is 0. The number of benzene rings is 1. The third kappa shape index (κ3) is 4.93. The molecule has 130 valence electrons. The second-order valence-electron chi connectivity index (χ2n) is 6.47. The molecule has 1 heterocycles. The molecule has 2 rings (SSSR count). The Balaban J connectivity index is 2.00. The normalized spacial score (nSPS) is 21.0. The summed E-state index contributed by atoms with van der Waals surface area (Å²) in [6.07, 6.45) is -2.49. The van der Waals surface area contributed by atoms with E-state index in [1.165, 1.54) is 19.1 Å². The third-order valence-corrected chi connectivity index (χ3v) is 4.55. The molecule has 1 aromatic rings. The zero-order valence-corrected chi connectivity index (χ0v) is 13.5. The van der Waals surface area contributed by atoms with Gasteiger partial charge in [-0.1, -0.05) is 12.1 Å². The van der Waals surface area contributed by atoms with E-state index in [0.29, 0.717) is 5.92 Å². The van der Waals surface area contributed by atoms with E-state index in [4.69, 9.17) is 4.74 Å². The average Bonchev–Trinajstić information content (AvgIpc) is 2.53. The van der Waals surface area contributed by atoms with E-state index in [1.54, 1.807) is 0 Å². The van der Waals surface area contributed by atoms with E-state index in [1.807, 2.05) is 6.92 Å². The van der Waals surface area contributed by atoms with Gasteiger partial charge < -0.3 is 15.2 Å². The molecule has 2 atom stereocenters. The predicted molar refractivity (Wildman–Crippen MR) is 82.0 cm³/mol. The van der Waals surface area contributed by atoms with Crippen molar-refractivity contribution in [3.8, 4) is 0 Å². The minimum absolute atomic E-state index is 0.177. The molecule has 6 heteroatoms. The molecule has 1 aliphatic heterocycles. The summed E-state index contributed by atoms with van der Waals surface area (Å²) < 4.78 is 43.7. The lowest BCUT2D eigenvalue weighted by molar-refractivity contribution is -0.137. The Hall–Kier alpha value is -1.11. The molecular weight excluding hydrogens is 307 g/mol. The van der Waals surface area contributed by atoms with Gasteiger partial charge in [0.15, 0.2) is 0 Å². The van der Waals surface area contributed by atoms with Gasteiger partial charge in [0.1, 0.15) is 0 Å². The Kier molecular flexibility index (Phi) is 5.70. The quantitative estimate of drug-likeness (QED) is 0.870. The van der Waals surface area contributed by atoms with Gasteiger partial charge in [0.2, 0.25) is 0 Å². The summed E-state index contributed by atoms with van der Waals surface area (Å²) in [5.41, 5.74) is -1.84. The monoisotopic (exact) mass is 331 g/mol. The van der Waals surface area contributed by atoms with Crippen LogP contribution in [0.2, 0.25) is 0 Å². The summed E-state index contributed by atoms with van der Waals surface area (Å²) in [6, 6.07) is 5.06. The fourth-order valence-corrected chi connectivity index (χ4v) is 2.87. The molecule has 0 amide bonds. The lowest BCUT2D eigenvalue weighted by atomic mass is 9.90. The van der Waals surface area contributed by atoms with Crippen molar-refractivity contribution in [1.29, 1.82) is 0 Å². The topological polar surface area (TPSA) is 41.5 Å². The van der Waals surface area contributed by atoms with E-state index in [2.05, 4.69) is 5.32 Å². The zero-order valence-electron chi connectivity index (χ0n) is 13.5. The molecule has 0 aliphatic carbocycles. The van der Waals surface area contributed by atoms with Crippen LogP contribution in [-0.2, 0) is 16.5 Å². The Labute approximate surface area is 134 Å². The Morgan fingerprint density at radius 1 is 1.26 bits per heavy atom. The summed E-state index contributed by atoms with van der Waals surface area (Å²) in [6.45, 7) is 5.25. The molecule has 3 nitrogen and oxygen atoms in total. The highest BCUT2D eigenvalue weighted by atomic mass is 19.4. The van der Waals surface area contributed by atoms with E-state index >= 15 is 0 Å². The number of nitrogens with one attached hydrogen (secondary N) is 1. The summed E-state index contributed by atoms with van der Waals surface area (Å²) in [7, 11) is 0. The van der Waals surface area contributed by atoms with Gasteiger partial charge >= 0.3 is 6.18 Å². The number of rotatable bonds is 5. The van der Waals surface area contributed by atoms with Gasteiger partial charge in [0, 0.05) is 25.8 Å². The van der Waals surface area contributed by atoms with Gasteiger partial charge in [-0.25, -0.2) is 0 Å². The van der Waals surface area contributed by atoms with Gasteiger partial charge in [0.05, 0.1) is 11.2 Å². The molecule has 0 spiro atoms. The van der Waals surface area contributed by atoms with Gasteiger partial charge in [-0.2, -0.15) is 13.2 Å². The molecule has 2 N–H and O–H groups in total. The highest BCUT2D eigenvalue weighted by Gasteiger charge is 2.33. The number of hydrogen-bond acceptors (Lipinski definition) is 3. The lowest BCUT2D eigenvalue weighted by Gasteiger charge is -2.32. The minimum Gasteiger partial charge on any atom is -0.384 e. The van der Waals surface area contributed by atoms with Crippen LogP contribution in [0.1, 0.15) is 37.8 Å². The standard InChI is InChI=1S/C17H24F3NO2/c1-12(13-6-8-23-9-7-13)21-11-16(2,22)14-4-3-5-15(10-14)17(18,19)20/h3-5,10,12-13,21-22H,6-9,11H2,1-2H3. The summed E-state index contributed by atoms with van der Waals surface area (Å²) in [5, 5.41) is 13.8. The fourth-order valence-electron chi connectivity index (χ4n) is 2.87. The van der Waals surface area contributed by atoms with E-state index in [0.717, 1.165) is 38.2 Å². The van der Waals surface area contributed by atoms with Crippen molar-refractivity contribution in [3.05, 3.63) is 35.4 Å². The van der Waals surface area contributed by atoms with E-state index < -0.39 is 17.3 Å². The van der Waals surface area contributed by atoms with Crippen LogP contribution >= 0.6 is 0 Å². The highest BCUT2D eigenvalue weighted by Crippen LogP contribution is 2.32. The zero-order chi connectivity index (χ0) is 17.1. The predicted octanol–water partition coefficient (Wildman–Crippen LogP) is 3.32. The first-order valence-electron chi connectivity index (χ1n) is 7.91. The molecule has 0 bridgehead atoms. The number of alkyl halides is 3. The minimum atomic E-state index is -4.41. The largest absolute Gasteiger partial charge is 0.416 e. The van der Waals surface area contributed by atoms with Crippen LogP contribution < -0.4 is 5.32 Å². The van der Waals surface area contributed by atoms with Crippen molar-refractivity contribution in [1.82, 2.24) is 5.32 Å². The second-order valence-corrected chi connectivity index (χ2v) is 6.47. The summed E-state index contributed by atoms with van der Waals surface area (Å²) in [4.78, 5) is 0. The van der Waals surface area contributed by atoms with Crippen LogP contribution in [0.3, 0.4) is 0 Å². The van der Waals surface area contributed by atoms with Crippen LogP contribution in [-0.4, -0.2) is 30.9 Å². The number of halogens is 3. The second kappa shape index (κ2) is 7.20. The molecule has 1 aromatic carbocycles. The van der Waals surface area contributed by atoms with Crippen molar-refractivity contribution in [3.63, 3.8) is 0 Å². The van der Waals surface area contributed by atoms with Crippen molar-refractivity contribution in [2.75, 3.05) is 19.8 Å². The highest BCUT2D eigenvalue weighted by molar-refractivity contribution is 5.29. The first kappa shape index (κ1) is 18.2. The van der Waals surface area contributed by atoms with Gasteiger partial charge in [-0.3, -0.25) is 0 Å². The van der Waals surface area contributed by atoms with Gasteiger partial charge in [0.25, 0.3) is 0 Å². The first-order valence-corrected chi connectivity index (χ1v) is 7.91. The van der Waals surface area contributed by atoms with Crippen LogP contribution in [0.5, 0.6) is 0 Å². The third-order valence-electron chi connectivity index (χ3n) is 4.55. The van der Waals surface area contributed by atoms with E-state index in [-0.39, 0.29) is 18.2 Å². The maximum atomic E-state index is 12.8. The van der Waals surface area contributed by atoms with Crippen molar-refractivity contribution in [2.45, 2.75) is 44.5 Å². The Morgan fingerprint density at radius 2 is 1.87 bits per heavy atom. The molecule has 0 radical (unpaired) electrons. The molecule has 0 saturated carbocycles. The van der Waals surface area contributed by atoms with Crippen LogP contribution in [0.4, 0.5) is 13.2 Å². The fraction of sp³-hybridized carbons (Fsp3) is 0.647. The molecule has 23 heavy (non-hydrogen) atoms. The lowest BCUT2D eigenvalue weighted by Crippen LogP contribution is -2.44. The summed E-state index contributed by atoms with van der Waals surface area (Å²) in [5.74, 6) is 0.459. The van der Waals surface area contributed by atoms with Gasteiger partial charge in [-0.05, 0) is 50.3 Å². The average molecular weight is 331 g/mol. The molecule has 1 saturated heterocycles. The van der Waals surface area contributed by atoms with E-state index in [9.17, 15) is 18.3 Å². The SMILES string of the molecule is CC(NCC(C)(O)c1cccc(C(F)(F)F)c1)C1CCOCC1. The molecule has 0 aromatic heterocycles. The van der Waals surface area contributed by atoms with Crippen LogP contribution in [0.15, 0.2) is 24.3 Å². The van der Waals surface area contributed by atoms with Crippen molar-refractivity contribution < 1.29 is 23.0 Å². The molecule has 1 aliphatic rings. The number of hydrogen-bond donors (Lipinski definition) is 2. The maximum Gasteiger partial charge on any atom is 0.416 e. The molecule has 1 fully saturated rings. The van der Waals surface area contributed by atoms with Gasteiger partial charge in [-0.15, -0.1) is 0 Å². The van der Waals surface area contributed by atoms with Crippen molar-refractivity contribution in [2.24, 2.45) is 5.92 Å². The first-order chi connectivity index (χ1) is 10.7. The number of aliphatic hydroxyl groups is 1. The molecular formula is C17H24F3NO2. The Bertz CT molecular complexity index is 511.